The third-order valence-corrected chi connectivity index (χ3v) is 3.60. The molecule has 2 rings (SSSR count). The van der Waals surface area contributed by atoms with Crippen molar-refractivity contribution in [3.05, 3.63) is 53.7 Å². The molecule has 0 aliphatic carbocycles. The van der Waals surface area contributed by atoms with Crippen molar-refractivity contribution in [1.29, 1.82) is 0 Å². The van der Waals surface area contributed by atoms with Gasteiger partial charge in [0, 0.05) is 30.4 Å². The standard InChI is InChI=1S/C17H24N2O/c1-13(19-12-15-6-5-9-18-11-15)10-17(3,4)16-8-7-14(2)20-16/h5-9,11,13,19H,10,12H2,1-4H3/t13-/m0/s1. The van der Waals surface area contributed by atoms with Crippen molar-refractivity contribution in [1.82, 2.24) is 10.3 Å². The van der Waals surface area contributed by atoms with Crippen LogP contribution in [0.2, 0.25) is 0 Å². The maximum Gasteiger partial charge on any atom is 0.109 e. The average molecular weight is 272 g/mol. The highest BCUT2D eigenvalue weighted by molar-refractivity contribution is 5.15. The summed E-state index contributed by atoms with van der Waals surface area (Å²) in [6, 6.07) is 8.59. The summed E-state index contributed by atoms with van der Waals surface area (Å²) in [6.07, 6.45) is 4.73. The van der Waals surface area contributed by atoms with Gasteiger partial charge in [-0.1, -0.05) is 19.9 Å². The van der Waals surface area contributed by atoms with Crippen LogP contribution in [0.25, 0.3) is 0 Å². The molecular formula is C17H24N2O. The van der Waals surface area contributed by atoms with Gasteiger partial charge in [0.2, 0.25) is 0 Å². The van der Waals surface area contributed by atoms with E-state index in [1.165, 1.54) is 5.56 Å². The molecule has 0 unspecified atom stereocenters. The van der Waals surface area contributed by atoms with Crippen LogP contribution in [0.1, 0.15) is 44.3 Å². The fourth-order valence-electron chi connectivity index (χ4n) is 2.53. The van der Waals surface area contributed by atoms with Crippen LogP contribution in [0.4, 0.5) is 0 Å². The first-order valence-corrected chi connectivity index (χ1v) is 7.16. The number of furan rings is 1. The monoisotopic (exact) mass is 272 g/mol. The molecule has 0 spiro atoms. The highest BCUT2D eigenvalue weighted by Gasteiger charge is 2.26. The van der Waals surface area contributed by atoms with Gasteiger partial charge in [0.05, 0.1) is 0 Å². The summed E-state index contributed by atoms with van der Waals surface area (Å²) in [7, 11) is 0. The van der Waals surface area contributed by atoms with Gasteiger partial charge in [-0.15, -0.1) is 0 Å². The molecule has 0 saturated heterocycles. The van der Waals surface area contributed by atoms with Crippen LogP contribution in [0.3, 0.4) is 0 Å². The van der Waals surface area contributed by atoms with E-state index in [1.54, 1.807) is 6.20 Å². The number of pyridine rings is 1. The third-order valence-electron chi connectivity index (χ3n) is 3.60. The van der Waals surface area contributed by atoms with Crippen LogP contribution in [0.15, 0.2) is 41.1 Å². The fourth-order valence-corrected chi connectivity index (χ4v) is 2.53. The Kier molecular flexibility index (Phi) is 4.61. The van der Waals surface area contributed by atoms with Crippen LogP contribution in [-0.2, 0) is 12.0 Å². The number of aromatic nitrogens is 1. The Labute approximate surface area is 121 Å². The molecule has 108 valence electrons. The van der Waals surface area contributed by atoms with E-state index >= 15 is 0 Å². The molecule has 1 atom stereocenters. The Bertz CT molecular complexity index is 531. The van der Waals surface area contributed by atoms with E-state index in [9.17, 15) is 0 Å². The second-order valence-corrected chi connectivity index (χ2v) is 6.14. The molecule has 0 aromatic carbocycles. The molecule has 2 aromatic heterocycles. The zero-order chi connectivity index (χ0) is 14.6. The molecule has 20 heavy (non-hydrogen) atoms. The van der Waals surface area contributed by atoms with Crippen molar-refractivity contribution < 1.29 is 4.42 Å². The second kappa shape index (κ2) is 6.23. The quantitative estimate of drug-likeness (QED) is 0.868. The van der Waals surface area contributed by atoms with E-state index in [4.69, 9.17) is 4.42 Å². The van der Waals surface area contributed by atoms with Crippen LogP contribution >= 0.6 is 0 Å². The molecule has 0 amide bonds. The first-order chi connectivity index (χ1) is 9.47. The first-order valence-electron chi connectivity index (χ1n) is 7.16. The lowest BCUT2D eigenvalue weighted by molar-refractivity contribution is 0.319. The molecule has 2 heterocycles. The van der Waals surface area contributed by atoms with E-state index in [2.05, 4.69) is 43.2 Å². The van der Waals surface area contributed by atoms with E-state index < -0.39 is 0 Å². The second-order valence-electron chi connectivity index (χ2n) is 6.14. The summed E-state index contributed by atoms with van der Waals surface area (Å²) in [5.74, 6) is 2.04. The van der Waals surface area contributed by atoms with Gasteiger partial charge in [0.15, 0.2) is 0 Å². The number of nitrogens with one attached hydrogen (secondary N) is 1. The van der Waals surface area contributed by atoms with Gasteiger partial charge in [0.1, 0.15) is 11.5 Å². The van der Waals surface area contributed by atoms with Gasteiger partial charge < -0.3 is 9.73 Å². The molecule has 0 aliphatic rings. The summed E-state index contributed by atoms with van der Waals surface area (Å²) in [4.78, 5) is 4.13. The van der Waals surface area contributed by atoms with Gasteiger partial charge in [0.25, 0.3) is 0 Å². The molecule has 0 fully saturated rings. The molecule has 3 nitrogen and oxygen atoms in total. The van der Waals surface area contributed by atoms with E-state index in [-0.39, 0.29) is 5.41 Å². The molecule has 0 radical (unpaired) electrons. The minimum Gasteiger partial charge on any atom is -0.466 e. The lowest BCUT2D eigenvalue weighted by Crippen LogP contribution is -2.32. The van der Waals surface area contributed by atoms with Gasteiger partial charge in [-0.25, -0.2) is 0 Å². The highest BCUT2D eigenvalue weighted by Crippen LogP contribution is 2.29. The van der Waals surface area contributed by atoms with Crippen LogP contribution in [-0.4, -0.2) is 11.0 Å². The molecular weight excluding hydrogens is 248 g/mol. The zero-order valence-corrected chi connectivity index (χ0v) is 12.8. The molecule has 0 saturated carbocycles. The smallest absolute Gasteiger partial charge is 0.109 e. The Morgan fingerprint density at radius 1 is 1.30 bits per heavy atom. The van der Waals surface area contributed by atoms with Crippen LogP contribution < -0.4 is 5.32 Å². The number of aryl methyl sites for hydroxylation is 1. The average Bonchev–Trinajstić information content (AvgIpc) is 2.85. The maximum absolute atomic E-state index is 5.77. The molecule has 2 aromatic rings. The van der Waals surface area contributed by atoms with Gasteiger partial charge in [-0.2, -0.15) is 0 Å². The summed E-state index contributed by atoms with van der Waals surface area (Å²) in [5, 5.41) is 3.55. The Morgan fingerprint density at radius 3 is 2.70 bits per heavy atom. The summed E-state index contributed by atoms with van der Waals surface area (Å²) in [6.45, 7) is 9.51. The van der Waals surface area contributed by atoms with E-state index in [1.807, 2.05) is 25.3 Å². The van der Waals surface area contributed by atoms with E-state index in [0.717, 1.165) is 24.5 Å². The zero-order valence-electron chi connectivity index (χ0n) is 12.8. The summed E-state index contributed by atoms with van der Waals surface area (Å²) in [5.41, 5.74) is 1.25. The minimum atomic E-state index is 0.0373. The van der Waals surface area contributed by atoms with Crippen LogP contribution in [0, 0.1) is 6.92 Å². The SMILES string of the molecule is Cc1ccc(C(C)(C)C[C@H](C)NCc2cccnc2)o1. The number of nitrogens with zero attached hydrogens (tertiary/aromatic N) is 1. The molecule has 3 heteroatoms. The lowest BCUT2D eigenvalue weighted by Gasteiger charge is -2.26. The minimum absolute atomic E-state index is 0.0373. The van der Waals surface area contributed by atoms with Crippen molar-refractivity contribution in [2.24, 2.45) is 0 Å². The Hall–Kier alpha value is -1.61. The van der Waals surface area contributed by atoms with E-state index in [0.29, 0.717) is 6.04 Å². The Balaban J connectivity index is 1.89. The topological polar surface area (TPSA) is 38.1 Å². The van der Waals surface area contributed by atoms with Crippen LogP contribution in [0.5, 0.6) is 0 Å². The highest BCUT2D eigenvalue weighted by atomic mass is 16.3. The van der Waals surface area contributed by atoms with Gasteiger partial charge >= 0.3 is 0 Å². The van der Waals surface area contributed by atoms with Crippen molar-refractivity contribution >= 4 is 0 Å². The normalized spacial score (nSPS) is 13.4. The lowest BCUT2D eigenvalue weighted by atomic mass is 9.83. The maximum atomic E-state index is 5.77. The first kappa shape index (κ1) is 14.8. The number of rotatable bonds is 6. The van der Waals surface area contributed by atoms with Crippen molar-refractivity contribution in [3.8, 4) is 0 Å². The van der Waals surface area contributed by atoms with Gasteiger partial charge in [-0.05, 0) is 44.0 Å². The molecule has 0 aliphatic heterocycles. The molecule has 0 bridgehead atoms. The van der Waals surface area contributed by atoms with Crippen molar-refractivity contribution in [2.45, 2.75) is 52.1 Å². The summed E-state index contributed by atoms with van der Waals surface area (Å²) < 4.78 is 5.77. The largest absolute Gasteiger partial charge is 0.466 e. The summed E-state index contributed by atoms with van der Waals surface area (Å²) >= 11 is 0. The number of hydrogen-bond donors (Lipinski definition) is 1. The Morgan fingerprint density at radius 2 is 2.10 bits per heavy atom. The molecule has 1 N–H and O–H groups in total. The third kappa shape index (κ3) is 3.94. The van der Waals surface area contributed by atoms with Crippen molar-refractivity contribution in [2.75, 3.05) is 0 Å². The fraction of sp³-hybridized carbons (Fsp3) is 0.471. The van der Waals surface area contributed by atoms with Crippen molar-refractivity contribution in [3.63, 3.8) is 0 Å². The van der Waals surface area contributed by atoms with Gasteiger partial charge in [-0.3, -0.25) is 4.98 Å². The predicted octanol–water partition coefficient (Wildman–Crippen LogP) is 3.83. The number of hydrogen-bond acceptors (Lipinski definition) is 3. The predicted molar refractivity (Wildman–Crippen MR) is 81.6 cm³/mol.